The normalized spacial score (nSPS) is 12.0. The number of halogens is 3. The van der Waals surface area contributed by atoms with E-state index < -0.39 is 18.0 Å². The topological polar surface area (TPSA) is 68.3 Å². The number of nitrogens with one attached hydrogen (secondary N) is 1. The molecule has 1 amide bonds. The Morgan fingerprint density at radius 3 is 2.60 bits per heavy atom. The summed E-state index contributed by atoms with van der Waals surface area (Å²) < 4.78 is 17.8. The fourth-order valence-corrected chi connectivity index (χ4v) is 2.16. The molecule has 25 heavy (non-hydrogen) atoms. The van der Waals surface area contributed by atoms with Gasteiger partial charge in [0.1, 0.15) is 5.82 Å². The maximum Gasteiger partial charge on any atom is 0.331 e. The van der Waals surface area contributed by atoms with Gasteiger partial charge in [0, 0.05) is 12.3 Å². The second kappa shape index (κ2) is 8.60. The molecular formula is C17H13Cl2FN2O3. The van der Waals surface area contributed by atoms with Crippen molar-refractivity contribution in [3.8, 4) is 0 Å². The summed E-state index contributed by atoms with van der Waals surface area (Å²) in [7, 11) is 0. The van der Waals surface area contributed by atoms with E-state index in [1.807, 2.05) is 0 Å². The highest BCUT2D eigenvalue weighted by Gasteiger charge is 2.18. The van der Waals surface area contributed by atoms with Crippen molar-refractivity contribution in [1.82, 2.24) is 4.98 Å². The van der Waals surface area contributed by atoms with Gasteiger partial charge in [0.25, 0.3) is 5.91 Å². The molecule has 1 atom stereocenters. The molecule has 0 fully saturated rings. The van der Waals surface area contributed by atoms with Crippen LogP contribution in [0.4, 0.5) is 10.2 Å². The van der Waals surface area contributed by atoms with Crippen molar-refractivity contribution in [2.45, 2.75) is 13.0 Å². The smallest absolute Gasteiger partial charge is 0.331 e. The molecule has 0 radical (unpaired) electrons. The van der Waals surface area contributed by atoms with Crippen LogP contribution in [0.5, 0.6) is 0 Å². The minimum absolute atomic E-state index is 0.112. The summed E-state index contributed by atoms with van der Waals surface area (Å²) in [4.78, 5) is 27.6. The van der Waals surface area contributed by atoms with Crippen LogP contribution >= 0.6 is 23.2 Å². The zero-order valence-electron chi connectivity index (χ0n) is 13.0. The fourth-order valence-electron chi connectivity index (χ4n) is 1.73. The Hall–Kier alpha value is -2.44. The molecule has 1 N–H and O–H groups in total. The molecule has 0 aliphatic rings. The number of nitrogens with zero attached hydrogens (tertiary/aromatic N) is 1. The molecule has 0 aliphatic carbocycles. The number of benzene rings is 1. The Kier molecular flexibility index (Phi) is 6.50. The number of rotatable bonds is 5. The van der Waals surface area contributed by atoms with Crippen molar-refractivity contribution in [2.75, 3.05) is 5.32 Å². The molecule has 0 saturated heterocycles. The van der Waals surface area contributed by atoms with Gasteiger partial charge < -0.3 is 10.1 Å². The van der Waals surface area contributed by atoms with Crippen LogP contribution in [0.25, 0.3) is 6.08 Å². The van der Waals surface area contributed by atoms with Crippen LogP contribution in [-0.4, -0.2) is 23.0 Å². The lowest BCUT2D eigenvalue weighted by Crippen LogP contribution is -2.29. The number of carbonyl (C=O) groups excluding carboxylic acids is 2. The quantitative estimate of drug-likeness (QED) is 0.623. The monoisotopic (exact) mass is 382 g/mol. The number of hydrogen-bond donors (Lipinski definition) is 1. The van der Waals surface area contributed by atoms with Crippen LogP contribution in [0.2, 0.25) is 10.0 Å². The third-order valence-corrected chi connectivity index (χ3v) is 3.49. The summed E-state index contributed by atoms with van der Waals surface area (Å²) in [5.41, 5.74) is 0.618. The Balaban J connectivity index is 1.91. The van der Waals surface area contributed by atoms with E-state index in [4.69, 9.17) is 27.9 Å². The average molecular weight is 383 g/mol. The second-order valence-electron chi connectivity index (χ2n) is 4.94. The zero-order valence-corrected chi connectivity index (χ0v) is 14.5. The maximum atomic E-state index is 12.8. The number of aromatic nitrogens is 1. The molecule has 2 rings (SSSR count). The summed E-state index contributed by atoms with van der Waals surface area (Å²) in [6.45, 7) is 1.41. The maximum absolute atomic E-state index is 12.8. The zero-order chi connectivity index (χ0) is 18.4. The molecule has 1 heterocycles. The first-order valence-electron chi connectivity index (χ1n) is 7.11. The van der Waals surface area contributed by atoms with Crippen molar-refractivity contribution in [1.29, 1.82) is 0 Å². The average Bonchev–Trinajstić information content (AvgIpc) is 2.56. The lowest BCUT2D eigenvalue weighted by Gasteiger charge is -2.12. The molecule has 8 heteroatoms. The Labute approximate surface area is 153 Å². The summed E-state index contributed by atoms with van der Waals surface area (Å²) in [6.07, 6.45) is 2.85. The number of hydrogen-bond acceptors (Lipinski definition) is 4. The first kappa shape index (κ1) is 18.9. The summed E-state index contributed by atoms with van der Waals surface area (Å²) in [6, 6.07) is 6.97. The van der Waals surface area contributed by atoms with E-state index in [0.717, 1.165) is 6.08 Å². The molecule has 0 aliphatic heterocycles. The summed E-state index contributed by atoms with van der Waals surface area (Å²) in [5.74, 6) is -1.58. The van der Waals surface area contributed by atoms with E-state index in [0.29, 0.717) is 10.6 Å². The van der Waals surface area contributed by atoms with Gasteiger partial charge in [-0.2, -0.15) is 0 Å². The van der Waals surface area contributed by atoms with E-state index in [2.05, 4.69) is 10.3 Å². The predicted molar refractivity (Wildman–Crippen MR) is 93.9 cm³/mol. The van der Waals surface area contributed by atoms with Gasteiger partial charge in [-0.25, -0.2) is 14.2 Å². The number of amides is 1. The third kappa shape index (κ3) is 5.85. The predicted octanol–water partition coefficient (Wildman–Crippen LogP) is 4.11. The largest absolute Gasteiger partial charge is 0.449 e. The van der Waals surface area contributed by atoms with Crippen LogP contribution in [0.1, 0.15) is 12.5 Å². The van der Waals surface area contributed by atoms with Crippen LogP contribution in [-0.2, 0) is 14.3 Å². The number of pyridine rings is 1. The SMILES string of the molecule is CC(OC(=O)/C=C/c1ccc(F)cc1)C(=O)Nc1ncc(Cl)cc1Cl. The molecule has 1 unspecified atom stereocenters. The number of anilines is 1. The molecular weight excluding hydrogens is 370 g/mol. The first-order chi connectivity index (χ1) is 11.8. The first-order valence-corrected chi connectivity index (χ1v) is 7.87. The van der Waals surface area contributed by atoms with E-state index in [1.54, 1.807) is 0 Å². The van der Waals surface area contributed by atoms with E-state index in [1.165, 1.54) is 49.5 Å². The summed E-state index contributed by atoms with van der Waals surface area (Å²) >= 11 is 11.6. The Morgan fingerprint density at radius 1 is 1.28 bits per heavy atom. The van der Waals surface area contributed by atoms with Gasteiger partial charge in [0.15, 0.2) is 11.9 Å². The van der Waals surface area contributed by atoms with Crippen molar-refractivity contribution < 1.29 is 18.7 Å². The molecule has 0 spiro atoms. The molecule has 1 aromatic carbocycles. The van der Waals surface area contributed by atoms with Crippen LogP contribution in [0.3, 0.4) is 0 Å². The van der Waals surface area contributed by atoms with Gasteiger partial charge in [-0.3, -0.25) is 4.79 Å². The molecule has 0 bridgehead atoms. The molecule has 2 aromatic rings. The van der Waals surface area contributed by atoms with E-state index in [-0.39, 0.29) is 16.7 Å². The van der Waals surface area contributed by atoms with Gasteiger partial charge in [0.2, 0.25) is 0 Å². The number of carbonyl (C=O) groups is 2. The van der Waals surface area contributed by atoms with E-state index in [9.17, 15) is 14.0 Å². The summed E-state index contributed by atoms with van der Waals surface area (Å²) in [5, 5.41) is 2.93. The van der Waals surface area contributed by atoms with Gasteiger partial charge in [-0.05, 0) is 36.8 Å². The van der Waals surface area contributed by atoms with Crippen molar-refractivity contribution in [2.24, 2.45) is 0 Å². The second-order valence-corrected chi connectivity index (χ2v) is 5.78. The highest BCUT2D eigenvalue weighted by atomic mass is 35.5. The Morgan fingerprint density at radius 2 is 1.96 bits per heavy atom. The van der Waals surface area contributed by atoms with Gasteiger partial charge in [0.05, 0.1) is 10.0 Å². The highest BCUT2D eigenvalue weighted by molar-refractivity contribution is 6.36. The van der Waals surface area contributed by atoms with Crippen molar-refractivity contribution in [3.63, 3.8) is 0 Å². The minimum Gasteiger partial charge on any atom is -0.449 e. The van der Waals surface area contributed by atoms with Gasteiger partial charge in [-0.15, -0.1) is 0 Å². The lowest BCUT2D eigenvalue weighted by atomic mass is 10.2. The Bertz CT molecular complexity index is 810. The molecule has 1 aromatic heterocycles. The lowest BCUT2D eigenvalue weighted by molar-refractivity contribution is -0.148. The third-order valence-electron chi connectivity index (χ3n) is 2.99. The fraction of sp³-hybridized carbons (Fsp3) is 0.118. The molecule has 0 saturated carbocycles. The van der Waals surface area contributed by atoms with Crippen LogP contribution in [0.15, 0.2) is 42.6 Å². The van der Waals surface area contributed by atoms with Crippen LogP contribution in [0, 0.1) is 5.82 Å². The minimum atomic E-state index is -1.07. The number of ether oxygens (including phenoxy) is 1. The van der Waals surface area contributed by atoms with Gasteiger partial charge >= 0.3 is 5.97 Å². The van der Waals surface area contributed by atoms with Crippen LogP contribution < -0.4 is 5.32 Å². The van der Waals surface area contributed by atoms with Crippen molar-refractivity contribution >= 4 is 47.0 Å². The molecule has 5 nitrogen and oxygen atoms in total. The van der Waals surface area contributed by atoms with E-state index >= 15 is 0 Å². The standard InChI is InChI=1S/C17H13Cl2FN2O3/c1-10(17(24)22-16-14(19)8-12(18)9-21-16)25-15(23)7-4-11-2-5-13(20)6-3-11/h2-10H,1H3,(H,21,22,24)/b7-4+. The number of esters is 1. The molecule has 130 valence electrons. The van der Waals surface area contributed by atoms with Crippen molar-refractivity contribution in [3.05, 3.63) is 64.0 Å². The highest BCUT2D eigenvalue weighted by Crippen LogP contribution is 2.22. The van der Waals surface area contributed by atoms with Gasteiger partial charge in [-0.1, -0.05) is 35.3 Å².